The third-order valence-corrected chi connectivity index (χ3v) is 2.51. The normalized spacial score (nSPS) is 11.1. The number of nitrogens with zero attached hydrogens (tertiary/aromatic N) is 3. The van der Waals surface area contributed by atoms with Crippen molar-refractivity contribution in [1.29, 1.82) is 0 Å². The molecule has 0 aliphatic carbocycles. The van der Waals surface area contributed by atoms with Crippen molar-refractivity contribution in [2.75, 3.05) is 34.3 Å². The van der Waals surface area contributed by atoms with Crippen LogP contribution in [-0.4, -0.2) is 48.7 Å². The molecule has 2 rings (SSSR count). The number of rotatable bonds is 4. The Morgan fingerprint density at radius 3 is 2.56 bits per heavy atom. The lowest BCUT2D eigenvalue weighted by Crippen LogP contribution is -3.00. The third kappa shape index (κ3) is 4.06. The lowest BCUT2D eigenvalue weighted by atomic mass is 10.2. The summed E-state index contributed by atoms with van der Waals surface area (Å²) in [6, 6.07) is 7.88. The van der Waals surface area contributed by atoms with Gasteiger partial charge in [0, 0.05) is 0 Å². The Morgan fingerprint density at radius 1 is 1.11 bits per heavy atom. The maximum Gasteiger partial charge on any atom is 0.224 e. The lowest BCUT2D eigenvalue weighted by molar-refractivity contribution is -0.870. The van der Waals surface area contributed by atoms with Gasteiger partial charge in [0.25, 0.3) is 0 Å². The van der Waals surface area contributed by atoms with E-state index in [2.05, 4.69) is 31.1 Å². The molecule has 0 aliphatic rings. The minimum atomic E-state index is 0. The maximum atomic E-state index is 5.73. The van der Waals surface area contributed by atoms with Crippen LogP contribution in [0.25, 0.3) is 10.9 Å². The molecule has 0 spiro atoms. The van der Waals surface area contributed by atoms with E-state index < -0.39 is 0 Å². The summed E-state index contributed by atoms with van der Waals surface area (Å²) in [5.41, 5.74) is 0.919. The van der Waals surface area contributed by atoms with Crippen molar-refractivity contribution in [3.63, 3.8) is 0 Å². The molecule has 0 saturated heterocycles. The van der Waals surface area contributed by atoms with Gasteiger partial charge in [0.2, 0.25) is 5.88 Å². The number of aromatic nitrogens is 2. The molecular weight excluding hydrogens is 341 g/mol. The van der Waals surface area contributed by atoms with Gasteiger partial charge < -0.3 is 33.2 Å². The van der Waals surface area contributed by atoms with Crippen LogP contribution in [0.15, 0.2) is 30.6 Å². The van der Waals surface area contributed by atoms with E-state index in [0.717, 1.165) is 21.9 Å². The number of hydrogen-bond acceptors (Lipinski definition) is 3. The SMILES string of the molecule is C[N+](C)(C)CCOc1ncnc2ccccc12.[I-]. The topological polar surface area (TPSA) is 35.0 Å². The Hall–Kier alpha value is -0.950. The van der Waals surface area contributed by atoms with E-state index in [1.54, 1.807) is 6.33 Å². The summed E-state index contributed by atoms with van der Waals surface area (Å²) >= 11 is 0. The predicted octanol–water partition coefficient (Wildman–Crippen LogP) is -1.28. The van der Waals surface area contributed by atoms with E-state index in [0.29, 0.717) is 12.5 Å². The monoisotopic (exact) mass is 359 g/mol. The molecule has 0 bridgehead atoms. The van der Waals surface area contributed by atoms with Crippen molar-refractivity contribution in [3.05, 3.63) is 30.6 Å². The molecule has 18 heavy (non-hydrogen) atoms. The fraction of sp³-hybridized carbons (Fsp3) is 0.385. The number of para-hydroxylation sites is 1. The Morgan fingerprint density at radius 2 is 1.83 bits per heavy atom. The predicted molar refractivity (Wildman–Crippen MR) is 67.9 cm³/mol. The van der Waals surface area contributed by atoms with Crippen LogP contribution in [0.1, 0.15) is 0 Å². The van der Waals surface area contributed by atoms with Gasteiger partial charge in [-0.1, -0.05) is 12.1 Å². The molecule has 1 heterocycles. The minimum absolute atomic E-state index is 0. The summed E-state index contributed by atoms with van der Waals surface area (Å²) in [6.07, 6.45) is 1.55. The van der Waals surface area contributed by atoms with Crippen LogP contribution in [0.2, 0.25) is 0 Å². The van der Waals surface area contributed by atoms with Gasteiger partial charge >= 0.3 is 0 Å². The van der Waals surface area contributed by atoms with Crippen LogP contribution < -0.4 is 28.7 Å². The number of hydrogen-bond donors (Lipinski definition) is 0. The van der Waals surface area contributed by atoms with Crippen molar-refractivity contribution < 1.29 is 33.2 Å². The first kappa shape index (κ1) is 15.1. The molecular formula is C13H18IN3O. The van der Waals surface area contributed by atoms with Crippen LogP contribution in [0.4, 0.5) is 0 Å². The number of benzene rings is 1. The molecule has 0 radical (unpaired) electrons. The first-order valence-electron chi connectivity index (χ1n) is 5.69. The van der Waals surface area contributed by atoms with Crippen molar-refractivity contribution >= 4 is 10.9 Å². The van der Waals surface area contributed by atoms with Crippen molar-refractivity contribution in [2.24, 2.45) is 0 Å². The van der Waals surface area contributed by atoms with Gasteiger partial charge in [-0.2, -0.15) is 0 Å². The standard InChI is InChI=1S/C13H18N3O.HI/c1-16(2,3)8-9-17-13-11-6-4-5-7-12(11)14-10-15-13;/h4-7,10H,8-9H2,1-3H3;1H/q+1;/p-1. The molecule has 4 nitrogen and oxygen atoms in total. The van der Waals surface area contributed by atoms with E-state index in [4.69, 9.17) is 4.74 Å². The second-order valence-corrected chi connectivity index (χ2v) is 5.06. The van der Waals surface area contributed by atoms with Gasteiger partial charge in [0.15, 0.2) is 0 Å². The molecule has 98 valence electrons. The van der Waals surface area contributed by atoms with Gasteiger partial charge in [0.05, 0.1) is 32.0 Å². The smallest absolute Gasteiger partial charge is 0.224 e. The zero-order valence-corrected chi connectivity index (χ0v) is 13.1. The average Bonchev–Trinajstić information content (AvgIpc) is 2.28. The third-order valence-electron chi connectivity index (χ3n) is 2.51. The van der Waals surface area contributed by atoms with E-state index in [-0.39, 0.29) is 24.0 Å². The molecule has 5 heteroatoms. The van der Waals surface area contributed by atoms with Gasteiger partial charge in [-0.3, -0.25) is 0 Å². The van der Waals surface area contributed by atoms with Crippen molar-refractivity contribution in [2.45, 2.75) is 0 Å². The zero-order valence-electron chi connectivity index (χ0n) is 10.9. The highest BCUT2D eigenvalue weighted by molar-refractivity contribution is 5.82. The van der Waals surface area contributed by atoms with E-state index in [1.165, 1.54) is 0 Å². The molecule has 0 fully saturated rings. The van der Waals surface area contributed by atoms with Gasteiger partial charge in [0.1, 0.15) is 19.5 Å². The number of ether oxygens (including phenoxy) is 1. The highest BCUT2D eigenvalue weighted by Gasteiger charge is 2.08. The van der Waals surface area contributed by atoms with Crippen LogP contribution in [0.3, 0.4) is 0 Å². The fourth-order valence-corrected chi connectivity index (χ4v) is 1.51. The van der Waals surface area contributed by atoms with Crippen molar-refractivity contribution in [3.8, 4) is 5.88 Å². The molecule has 1 aromatic heterocycles. The van der Waals surface area contributed by atoms with E-state index in [1.807, 2.05) is 24.3 Å². The second kappa shape index (κ2) is 6.29. The molecule has 0 atom stereocenters. The lowest BCUT2D eigenvalue weighted by Gasteiger charge is -2.23. The Kier molecular flexibility index (Phi) is 5.28. The molecule has 0 unspecified atom stereocenters. The van der Waals surface area contributed by atoms with Gasteiger partial charge in [-0.25, -0.2) is 9.97 Å². The fourth-order valence-electron chi connectivity index (χ4n) is 1.51. The number of quaternary nitrogens is 1. The van der Waals surface area contributed by atoms with Crippen LogP contribution >= 0.6 is 0 Å². The number of fused-ring (bicyclic) bond motifs is 1. The van der Waals surface area contributed by atoms with Crippen LogP contribution in [0.5, 0.6) is 5.88 Å². The summed E-state index contributed by atoms with van der Waals surface area (Å²) in [4.78, 5) is 8.39. The molecule has 0 amide bonds. The summed E-state index contributed by atoms with van der Waals surface area (Å²) in [5, 5.41) is 0.969. The zero-order chi connectivity index (χ0) is 12.3. The van der Waals surface area contributed by atoms with Crippen LogP contribution in [0, 0.1) is 0 Å². The summed E-state index contributed by atoms with van der Waals surface area (Å²) in [5.74, 6) is 0.670. The quantitative estimate of drug-likeness (QED) is 0.504. The highest BCUT2D eigenvalue weighted by atomic mass is 127. The molecule has 0 aliphatic heterocycles. The summed E-state index contributed by atoms with van der Waals surface area (Å²) < 4.78 is 6.61. The van der Waals surface area contributed by atoms with E-state index in [9.17, 15) is 0 Å². The minimum Gasteiger partial charge on any atom is -1.00 e. The Labute approximate surface area is 125 Å². The molecule has 1 aromatic carbocycles. The second-order valence-electron chi connectivity index (χ2n) is 5.06. The largest absolute Gasteiger partial charge is 1.00 e. The summed E-state index contributed by atoms with van der Waals surface area (Å²) in [7, 11) is 6.42. The summed E-state index contributed by atoms with van der Waals surface area (Å²) in [6.45, 7) is 1.60. The molecule has 2 aromatic rings. The average molecular weight is 359 g/mol. The van der Waals surface area contributed by atoms with Gasteiger partial charge in [-0.05, 0) is 12.1 Å². The Bertz CT molecular complexity index is 506. The number of likely N-dealkylation sites (N-methyl/N-ethyl adjacent to an activating group) is 1. The highest BCUT2D eigenvalue weighted by Crippen LogP contribution is 2.20. The first-order valence-corrected chi connectivity index (χ1v) is 5.69. The van der Waals surface area contributed by atoms with E-state index >= 15 is 0 Å². The number of halogens is 1. The van der Waals surface area contributed by atoms with Crippen molar-refractivity contribution in [1.82, 2.24) is 9.97 Å². The van der Waals surface area contributed by atoms with Crippen LogP contribution in [-0.2, 0) is 0 Å². The Balaban J connectivity index is 0.00000162. The maximum absolute atomic E-state index is 5.73. The first-order chi connectivity index (χ1) is 8.06. The van der Waals surface area contributed by atoms with Gasteiger partial charge in [-0.15, -0.1) is 0 Å². The molecule has 0 saturated carbocycles. The molecule has 0 N–H and O–H groups in total.